The zero-order chi connectivity index (χ0) is 11.3. The number of Topliss-reactive ketones (excluding diaryl/α,β-unsaturated/α-hetero) is 1. The lowest BCUT2D eigenvalue weighted by Gasteiger charge is -2.38. The van der Waals surface area contributed by atoms with Crippen molar-refractivity contribution in [3.05, 3.63) is 17.7 Å². The second-order valence-corrected chi connectivity index (χ2v) is 4.39. The van der Waals surface area contributed by atoms with E-state index in [0.29, 0.717) is 19.4 Å². The fraction of sp³-hybridized carbons (Fsp3) is 0.545. The van der Waals surface area contributed by atoms with Gasteiger partial charge in [-0.3, -0.25) is 9.59 Å². The largest absolute Gasteiger partial charge is 0.335 e. The van der Waals surface area contributed by atoms with Crippen LogP contribution in [0.15, 0.2) is 6.33 Å². The molecule has 2 aliphatic rings. The Bertz CT molecular complexity index is 478. The summed E-state index contributed by atoms with van der Waals surface area (Å²) >= 11 is 0. The summed E-state index contributed by atoms with van der Waals surface area (Å²) < 4.78 is 1.86. The topological polar surface area (TPSA) is 55.2 Å². The van der Waals surface area contributed by atoms with E-state index in [9.17, 15) is 9.59 Å². The number of rotatable bonds is 0. The Morgan fingerprint density at radius 1 is 1.31 bits per heavy atom. The number of hydrogen-bond acceptors (Lipinski definition) is 3. The number of amides is 1. The maximum atomic E-state index is 12.0. The maximum absolute atomic E-state index is 12.0. The Morgan fingerprint density at radius 3 is 2.94 bits per heavy atom. The van der Waals surface area contributed by atoms with Gasteiger partial charge in [-0.2, -0.15) is 0 Å². The van der Waals surface area contributed by atoms with Gasteiger partial charge in [0.25, 0.3) is 0 Å². The van der Waals surface area contributed by atoms with E-state index < -0.39 is 0 Å². The summed E-state index contributed by atoms with van der Waals surface area (Å²) in [6, 6.07) is -0.377. The molecule has 0 N–H and O–H groups in total. The van der Waals surface area contributed by atoms with E-state index in [1.165, 1.54) is 0 Å². The number of piperidine rings is 1. The van der Waals surface area contributed by atoms with Crippen LogP contribution in [0, 0.1) is 0 Å². The third-order valence-electron chi connectivity index (χ3n) is 3.43. The van der Waals surface area contributed by atoms with Crippen LogP contribution in [0.1, 0.15) is 30.3 Å². The highest BCUT2D eigenvalue weighted by molar-refractivity contribution is 5.96. The van der Waals surface area contributed by atoms with Gasteiger partial charge in [-0.1, -0.05) is 0 Å². The molecule has 0 bridgehead atoms. The molecule has 1 aromatic rings. The highest BCUT2D eigenvalue weighted by Gasteiger charge is 2.41. The number of nitrogens with zero attached hydrogens (tertiary/aromatic N) is 3. The third-order valence-corrected chi connectivity index (χ3v) is 3.43. The van der Waals surface area contributed by atoms with Crippen LogP contribution < -0.4 is 0 Å². The molecule has 0 radical (unpaired) electrons. The van der Waals surface area contributed by atoms with Crippen LogP contribution >= 0.6 is 0 Å². The van der Waals surface area contributed by atoms with Crippen LogP contribution in [0.2, 0.25) is 0 Å². The van der Waals surface area contributed by atoms with E-state index in [1.54, 1.807) is 11.2 Å². The van der Waals surface area contributed by atoms with Crippen molar-refractivity contribution >= 4 is 11.7 Å². The number of carbonyl (C=O) groups is 2. The molecule has 1 saturated heterocycles. The SMILES string of the molecule is Cn1cnc2c1C1C(=O)CCC(=O)N1CC2. The van der Waals surface area contributed by atoms with Crippen LogP contribution in [0.4, 0.5) is 0 Å². The third kappa shape index (κ3) is 1.14. The monoisotopic (exact) mass is 219 g/mol. The number of carbonyl (C=O) groups excluding carboxylic acids is 2. The number of imidazole rings is 1. The Labute approximate surface area is 93.1 Å². The van der Waals surface area contributed by atoms with Gasteiger partial charge < -0.3 is 9.47 Å². The summed E-state index contributed by atoms with van der Waals surface area (Å²) in [7, 11) is 1.88. The molecule has 3 rings (SSSR count). The summed E-state index contributed by atoms with van der Waals surface area (Å²) in [5, 5.41) is 0. The summed E-state index contributed by atoms with van der Waals surface area (Å²) in [6.45, 7) is 0.624. The molecule has 1 amide bonds. The van der Waals surface area contributed by atoms with Gasteiger partial charge in [0.15, 0.2) is 5.78 Å². The highest BCUT2D eigenvalue weighted by atomic mass is 16.2. The quantitative estimate of drug-likeness (QED) is 0.626. The van der Waals surface area contributed by atoms with E-state index in [4.69, 9.17) is 0 Å². The van der Waals surface area contributed by atoms with Crippen molar-refractivity contribution in [2.45, 2.75) is 25.3 Å². The molecule has 1 aromatic heterocycles. The van der Waals surface area contributed by atoms with Crippen molar-refractivity contribution in [2.24, 2.45) is 7.05 Å². The van der Waals surface area contributed by atoms with Gasteiger partial charge >= 0.3 is 0 Å². The van der Waals surface area contributed by atoms with Gasteiger partial charge in [0.2, 0.25) is 5.91 Å². The van der Waals surface area contributed by atoms with Crippen LogP contribution in [0.25, 0.3) is 0 Å². The Hall–Kier alpha value is -1.65. The van der Waals surface area contributed by atoms with E-state index in [1.807, 2.05) is 11.6 Å². The number of fused-ring (bicyclic) bond motifs is 3. The fourth-order valence-corrected chi connectivity index (χ4v) is 2.64. The molecular formula is C11H13N3O2. The average molecular weight is 219 g/mol. The molecule has 84 valence electrons. The molecule has 16 heavy (non-hydrogen) atoms. The maximum Gasteiger partial charge on any atom is 0.223 e. The van der Waals surface area contributed by atoms with Gasteiger partial charge in [-0.15, -0.1) is 0 Å². The lowest BCUT2D eigenvalue weighted by atomic mass is 9.92. The minimum Gasteiger partial charge on any atom is -0.335 e. The van der Waals surface area contributed by atoms with Crippen molar-refractivity contribution in [1.29, 1.82) is 0 Å². The van der Waals surface area contributed by atoms with Crippen LogP contribution in [0.3, 0.4) is 0 Å². The Morgan fingerprint density at radius 2 is 2.12 bits per heavy atom. The summed E-state index contributed by atoms with van der Waals surface area (Å²) in [4.78, 5) is 29.7. The molecule has 3 heterocycles. The Kier molecular flexibility index (Phi) is 1.89. The first-order valence-corrected chi connectivity index (χ1v) is 5.51. The van der Waals surface area contributed by atoms with E-state index in [-0.39, 0.29) is 17.7 Å². The lowest BCUT2D eigenvalue weighted by Crippen LogP contribution is -2.47. The molecule has 0 aromatic carbocycles. The van der Waals surface area contributed by atoms with Crippen molar-refractivity contribution in [2.75, 3.05) is 6.54 Å². The molecule has 1 atom stereocenters. The molecular weight excluding hydrogens is 206 g/mol. The van der Waals surface area contributed by atoms with Crippen molar-refractivity contribution in [1.82, 2.24) is 14.5 Å². The number of aryl methyl sites for hydroxylation is 1. The molecule has 1 unspecified atom stereocenters. The predicted octanol–water partition coefficient (Wildman–Crippen LogP) is 0.209. The molecule has 1 fully saturated rings. The van der Waals surface area contributed by atoms with E-state index >= 15 is 0 Å². The van der Waals surface area contributed by atoms with Crippen LogP contribution in [-0.4, -0.2) is 32.7 Å². The minimum absolute atomic E-state index is 0.0939. The van der Waals surface area contributed by atoms with E-state index in [0.717, 1.165) is 17.8 Å². The zero-order valence-electron chi connectivity index (χ0n) is 9.14. The first-order chi connectivity index (χ1) is 7.68. The van der Waals surface area contributed by atoms with Crippen LogP contribution in [-0.2, 0) is 23.1 Å². The van der Waals surface area contributed by atoms with Gasteiger partial charge in [0, 0.05) is 32.9 Å². The first-order valence-electron chi connectivity index (χ1n) is 5.51. The highest BCUT2D eigenvalue weighted by Crippen LogP contribution is 2.34. The van der Waals surface area contributed by atoms with Gasteiger partial charge in [-0.05, 0) is 0 Å². The number of hydrogen-bond donors (Lipinski definition) is 0. The average Bonchev–Trinajstić information content (AvgIpc) is 2.66. The Balaban J connectivity index is 2.12. The molecule has 5 nitrogen and oxygen atoms in total. The fourth-order valence-electron chi connectivity index (χ4n) is 2.64. The zero-order valence-corrected chi connectivity index (χ0v) is 9.14. The van der Waals surface area contributed by atoms with Crippen molar-refractivity contribution in [3.8, 4) is 0 Å². The molecule has 0 saturated carbocycles. The molecule has 5 heteroatoms. The summed E-state index contributed by atoms with van der Waals surface area (Å²) in [6.07, 6.45) is 3.21. The second kappa shape index (κ2) is 3.17. The van der Waals surface area contributed by atoms with Gasteiger partial charge in [-0.25, -0.2) is 4.98 Å². The van der Waals surface area contributed by atoms with Crippen molar-refractivity contribution < 1.29 is 9.59 Å². The molecule has 0 aliphatic carbocycles. The van der Waals surface area contributed by atoms with Gasteiger partial charge in [0.1, 0.15) is 6.04 Å². The molecule has 2 aliphatic heterocycles. The summed E-state index contributed by atoms with van der Waals surface area (Å²) in [5.41, 5.74) is 1.87. The molecule has 0 spiro atoms. The van der Waals surface area contributed by atoms with Crippen LogP contribution in [0.5, 0.6) is 0 Å². The summed E-state index contributed by atoms with van der Waals surface area (Å²) in [5.74, 6) is 0.237. The predicted molar refractivity (Wildman–Crippen MR) is 55.6 cm³/mol. The normalized spacial score (nSPS) is 24.3. The smallest absolute Gasteiger partial charge is 0.223 e. The number of ketones is 1. The second-order valence-electron chi connectivity index (χ2n) is 4.39. The lowest BCUT2D eigenvalue weighted by molar-refractivity contribution is -0.146. The van der Waals surface area contributed by atoms with Crippen molar-refractivity contribution in [3.63, 3.8) is 0 Å². The minimum atomic E-state index is -0.377. The van der Waals surface area contributed by atoms with E-state index in [2.05, 4.69) is 4.98 Å². The standard InChI is InChI=1S/C11H13N3O2/c1-13-6-12-7-4-5-14-9(16)3-2-8(15)11(14)10(7)13/h6,11H,2-5H2,1H3. The van der Waals surface area contributed by atoms with Gasteiger partial charge in [0.05, 0.1) is 17.7 Å². The first kappa shape index (κ1) is 9.57. The number of aromatic nitrogens is 2.